The van der Waals surface area contributed by atoms with Crippen LogP contribution in [-0.4, -0.2) is 59.8 Å². The number of fused-ring (bicyclic) bond motifs is 1. The molecule has 0 radical (unpaired) electrons. The van der Waals surface area contributed by atoms with Crippen LogP contribution in [0.2, 0.25) is 0 Å². The molecule has 162 valence electrons. The predicted octanol–water partition coefficient (Wildman–Crippen LogP) is 2.21. The van der Waals surface area contributed by atoms with Crippen molar-refractivity contribution in [1.82, 2.24) is 10.2 Å². The second-order valence-corrected chi connectivity index (χ2v) is 10.4. The molecule has 12 heteroatoms. The first-order chi connectivity index (χ1) is 14.2. The third kappa shape index (κ3) is 4.85. The molecule has 2 aliphatic heterocycles. The lowest BCUT2D eigenvalue weighted by molar-refractivity contribution is -0.154. The van der Waals surface area contributed by atoms with E-state index in [2.05, 4.69) is 21.2 Å². The van der Waals surface area contributed by atoms with Crippen molar-refractivity contribution in [2.75, 3.05) is 17.0 Å². The number of amides is 2. The molecule has 0 aromatic heterocycles. The SMILES string of the molecule is O=C(Cc1ccccc1)NC1C(=O)N2C(C(=O)OC(Cl)(Cl)CCl)=C(CBr)CS(=O)C12. The van der Waals surface area contributed by atoms with Crippen molar-refractivity contribution in [1.29, 1.82) is 0 Å². The summed E-state index contributed by atoms with van der Waals surface area (Å²) in [5, 5.41) is 1.91. The lowest BCUT2D eigenvalue weighted by atomic mass is 10.0. The number of alkyl halides is 4. The molecule has 7 nitrogen and oxygen atoms in total. The fourth-order valence-electron chi connectivity index (χ4n) is 3.16. The summed E-state index contributed by atoms with van der Waals surface area (Å²) in [6, 6.07) is 7.99. The van der Waals surface area contributed by atoms with Gasteiger partial charge >= 0.3 is 5.97 Å². The molecule has 0 aliphatic carbocycles. The Morgan fingerprint density at radius 1 is 1.30 bits per heavy atom. The average Bonchev–Trinajstić information content (AvgIpc) is 2.71. The maximum Gasteiger partial charge on any atom is 0.357 e. The van der Waals surface area contributed by atoms with Gasteiger partial charge in [-0.15, -0.1) is 11.6 Å². The second-order valence-electron chi connectivity index (χ2n) is 6.58. The van der Waals surface area contributed by atoms with Crippen molar-refractivity contribution in [3.8, 4) is 0 Å². The van der Waals surface area contributed by atoms with Gasteiger partial charge in [0.1, 0.15) is 17.1 Å². The summed E-state index contributed by atoms with van der Waals surface area (Å²) in [4.78, 5) is 38.9. The summed E-state index contributed by atoms with van der Waals surface area (Å²) in [5.74, 6) is -2.29. The van der Waals surface area contributed by atoms with Gasteiger partial charge in [0.25, 0.3) is 10.4 Å². The molecular weight excluding hydrogens is 543 g/mol. The number of carbonyl (C=O) groups excluding carboxylic acids is 3. The van der Waals surface area contributed by atoms with Crippen LogP contribution in [0, 0.1) is 0 Å². The molecule has 1 saturated heterocycles. The normalized spacial score (nSPS) is 23.5. The Labute approximate surface area is 198 Å². The fourth-order valence-corrected chi connectivity index (χ4v) is 5.77. The number of nitrogens with one attached hydrogen (secondary N) is 1. The number of β-lactam (4-membered cyclic amide) rings is 1. The number of esters is 1. The molecule has 2 heterocycles. The van der Waals surface area contributed by atoms with Gasteiger partial charge in [-0.25, -0.2) is 4.79 Å². The standard InChI is InChI=1S/C18H16BrCl3N2O5S/c19-7-11-8-30(28)16-13(23-12(25)6-10-4-2-1-3-5-10)15(26)24(16)14(11)17(27)29-18(21,22)9-20/h1-5,13,16H,6-9H2,(H,23,25). The smallest absolute Gasteiger partial charge is 0.357 e. The highest BCUT2D eigenvalue weighted by atomic mass is 79.9. The molecule has 1 N–H and O–H groups in total. The number of nitrogens with zero attached hydrogens (tertiary/aromatic N) is 1. The highest BCUT2D eigenvalue weighted by Gasteiger charge is 2.57. The molecule has 2 aliphatic rings. The minimum Gasteiger partial charge on any atom is -0.423 e. The van der Waals surface area contributed by atoms with Gasteiger partial charge in [0.15, 0.2) is 0 Å². The van der Waals surface area contributed by atoms with E-state index >= 15 is 0 Å². The van der Waals surface area contributed by atoms with Crippen molar-refractivity contribution in [2.24, 2.45) is 0 Å². The van der Waals surface area contributed by atoms with Gasteiger partial charge in [-0.2, -0.15) is 0 Å². The number of hydrogen-bond acceptors (Lipinski definition) is 5. The lowest BCUT2D eigenvalue weighted by Gasteiger charge is -2.49. The Hall–Kier alpha value is -1.13. The van der Waals surface area contributed by atoms with Crippen LogP contribution in [0.4, 0.5) is 0 Å². The summed E-state index contributed by atoms with van der Waals surface area (Å²) in [7, 11) is -1.53. The first-order valence-corrected chi connectivity index (χ1v) is 12.5. The van der Waals surface area contributed by atoms with Crippen LogP contribution in [0.15, 0.2) is 41.6 Å². The molecular formula is C18H16BrCl3N2O5S. The van der Waals surface area contributed by atoms with E-state index in [0.717, 1.165) is 10.5 Å². The van der Waals surface area contributed by atoms with E-state index in [1.807, 2.05) is 6.07 Å². The zero-order valence-electron chi connectivity index (χ0n) is 15.3. The summed E-state index contributed by atoms with van der Waals surface area (Å²) >= 11 is 20.4. The van der Waals surface area contributed by atoms with Crippen LogP contribution in [-0.2, 0) is 36.3 Å². The predicted molar refractivity (Wildman–Crippen MR) is 118 cm³/mol. The minimum atomic E-state index is -1.98. The van der Waals surface area contributed by atoms with Gasteiger partial charge in [0.05, 0.1) is 28.9 Å². The van der Waals surface area contributed by atoms with Crippen molar-refractivity contribution in [3.05, 3.63) is 47.2 Å². The molecule has 3 unspecified atom stereocenters. The second kappa shape index (κ2) is 9.56. The van der Waals surface area contributed by atoms with Crippen LogP contribution in [0.5, 0.6) is 0 Å². The monoisotopic (exact) mass is 556 g/mol. The Kier molecular flexibility index (Phi) is 7.50. The van der Waals surface area contributed by atoms with Crippen LogP contribution in [0.3, 0.4) is 0 Å². The van der Waals surface area contributed by atoms with E-state index in [9.17, 15) is 18.6 Å². The Bertz CT molecular complexity index is 928. The maximum absolute atomic E-state index is 12.8. The highest BCUT2D eigenvalue weighted by molar-refractivity contribution is 9.09. The molecule has 0 saturated carbocycles. The fraction of sp³-hybridized carbons (Fsp3) is 0.389. The molecule has 30 heavy (non-hydrogen) atoms. The lowest BCUT2D eigenvalue weighted by Crippen LogP contribution is -2.73. The van der Waals surface area contributed by atoms with Gasteiger partial charge in [-0.1, -0.05) is 69.5 Å². The highest BCUT2D eigenvalue weighted by Crippen LogP contribution is 2.37. The molecule has 1 aromatic carbocycles. The molecule has 0 spiro atoms. The van der Waals surface area contributed by atoms with E-state index in [1.165, 1.54) is 0 Å². The van der Waals surface area contributed by atoms with E-state index in [-0.39, 0.29) is 29.1 Å². The number of carbonyl (C=O) groups is 3. The molecule has 3 atom stereocenters. The van der Waals surface area contributed by atoms with Gasteiger partial charge in [0.2, 0.25) is 5.91 Å². The maximum atomic E-state index is 12.8. The van der Waals surface area contributed by atoms with Gasteiger partial charge in [-0.3, -0.25) is 18.7 Å². The van der Waals surface area contributed by atoms with Crippen LogP contribution in [0.1, 0.15) is 5.56 Å². The average molecular weight is 559 g/mol. The molecule has 1 aromatic rings. The van der Waals surface area contributed by atoms with Crippen molar-refractivity contribution in [3.63, 3.8) is 0 Å². The third-order valence-corrected chi connectivity index (χ3v) is 7.88. The first kappa shape index (κ1) is 23.5. The number of halogens is 4. The first-order valence-electron chi connectivity index (χ1n) is 8.67. The number of benzene rings is 1. The summed E-state index contributed by atoms with van der Waals surface area (Å²) in [5.41, 5.74) is 1.08. The third-order valence-electron chi connectivity index (χ3n) is 4.48. The van der Waals surface area contributed by atoms with Gasteiger partial charge in [0, 0.05) is 5.33 Å². The van der Waals surface area contributed by atoms with Crippen molar-refractivity contribution < 1.29 is 23.3 Å². The molecule has 1 fully saturated rings. The zero-order valence-corrected chi connectivity index (χ0v) is 19.9. The largest absolute Gasteiger partial charge is 0.423 e. The zero-order chi connectivity index (χ0) is 22.1. The molecule has 0 bridgehead atoms. The van der Waals surface area contributed by atoms with E-state index in [1.54, 1.807) is 24.3 Å². The van der Waals surface area contributed by atoms with Crippen molar-refractivity contribution >= 4 is 79.3 Å². The number of rotatable bonds is 7. The molecule has 3 rings (SSSR count). The van der Waals surface area contributed by atoms with Crippen LogP contribution >= 0.6 is 50.7 Å². The van der Waals surface area contributed by atoms with E-state index in [4.69, 9.17) is 39.5 Å². The van der Waals surface area contributed by atoms with Gasteiger partial charge in [-0.05, 0) is 11.1 Å². The number of hydrogen-bond donors (Lipinski definition) is 1. The Morgan fingerprint density at radius 2 is 1.97 bits per heavy atom. The molecule has 2 amide bonds. The topological polar surface area (TPSA) is 92.8 Å². The number of ether oxygens (including phenoxy) is 1. The Balaban J connectivity index is 1.78. The Morgan fingerprint density at radius 3 is 2.57 bits per heavy atom. The van der Waals surface area contributed by atoms with Crippen molar-refractivity contribution in [2.45, 2.75) is 22.4 Å². The van der Waals surface area contributed by atoms with E-state index < -0.39 is 44.5 Å². The quantitative estimate of drug-likeness (QED) is 0.315. The van der Waals surface area contributed by atoms with Crippen LogP contribution < -0.4 is 5.32 Å². The minimum absolute atomic E-state index is 0.0215. The summed E-state index contributed by atoms with van der Waals surface area (Å²) in [6.45, 7) is 0. The van der Waals surface area contributed by atoms with E-state index in [0.29, 0.717) is 5.57 Å². The van der Waals surface area contributed by atoms with Gasteiger partial charge < -0.3 is 10.1 Å². The van der Waals surface area contributed by atoms with Crippen LogP contribution in [0.25, 0.3) is 0 Å². The summed E-state index contributed by atoms with van der Waals surface area (Å²) < 4.78 is 15.7. The summed E-state index contributed by atoms with van der Waals surface area (Å²) in [6.07, 6.45) is 0.0676.